The summed E-state index contributed by atoms with van der Waals surface area (Å²) in [6, 6.07) is 8.51. The molecule has 1 aliphatic rings. The van der Waals surface area contributed by atoms with Crippen LogP contribution in [0, 0.1) is 0 Å². The van der Waals surface area contributed by atoms with Crippen LogP contribution in [0.1, 0.15) is 34.8 Å². The predicted molar refractivity (Wildman–Crippen MR) is 98.0 cm³/mol. The zero-order valence-corrected chi connectivity index (χ0v) is 15.2. The molecule has 3 heterocycles. The van der Waals surface area contributed by atoms with Crippen molar-refractivity contribution in [1.82, 2.24) is 9.78 Å². The quantitative estimate of drug-likeness (QED) is 0.671. The first-order valence-electron chi connectivity index (χ1n) is 8.77. The molecular weight excluding hydrogens is 389 g/mol. The number of rotatable bonds is 4. The first-order valence-corrected chi connectivity index (χ1v) is 8.77. The van der Waals surface area contributed by atoms with Crippen LogP contribution in [-0.4, -0.2) is 29.0 Å². The molecule has 1 aliphatic heterocycles. The first-order chi connectivity index (χ1) is 13.8. The molecule has 0 saturated carbocycles. The summed E-state index contributed by atoms with van der Waals surface area (Å²) >= 11 is 0. The number of carbonyl (C=O) groups excluding carboxylic acids is 1. The van der Waals surface area contributed by atoms with Crippen LogP contribution in [-0.2, 0) is 0 Å². The van der Waals surface area contributed by atoms with Gasteiger partial charge in [-0.1, -0.05) is 0 Å². The van der Waals surface area contributed by atoms with Crippen molar-refractivity contribution in [1.29, 1.82) is 0 Å². The minimum Gasteiger partial charge on any atom is -0.497 e. The third kappa shape index (κ3) is 3.78. The van der Waals surface area contributed by atoms with Gasteiger partial charge in [-0.2, -0.15) is 18.3 Å². The number of aromatic nitrogens is 2. The molecule has 0 spiro atoms. The predicted octanol–water partition coefficient (Wildman–Crippen LogP) is 4.40. The van der Waals surface area contributed by atoms with Crippen LogP contribution in [0.2, 0.25) is 0 Å². The maximum absolute atomic E-state index is 13.6. The Morgan fingerprint density at radius 2 is 2.07 bits per heavy atom. The number of alkyl halides is 3. The van der Waals surface area contributed by atoms with E-state index in [4.69, 9.17) is 9.15 Å². The second kappa shape index (κ2) is 7.19. The number of nitrogens with one attached hydrogen (secondary N) is 2. The lowest BCUT2D eigenvalue weighted by Crippen LogP contribution is -2.35. The zero-order chi connectivity index (χ0) is 20.6. The van der Waals surface area contributed by atoms with Crippen LogP contribution in [0.3, 0.4) is 0 Å². The maximum Gasteiger partial charge on any atom is 0.410 e. The van der Waals surface area contributed by atoms with Crippen LogP contribution in [0.4, 0.5) is 24.7 Å². The molecule has 0 radical (unpaired) electrons. The molecule has 2 aromatic heterocycles. The summed E-state index contributed by atoms with van der Waals surface area (Å²) in [5.74, 6) is 0.478. The van der Waals surface area contributed by atoms with E-state index in [1.165, 1.54) is 19.4 Å². The summed E-state index contributed by atoms with van der Waals surface area (Å²) in [6.07, 6.45) is -3.43. The number of benzene rings is 1. The van der Waals surface area contributed by atoms with Crippen LogP contribution in [0.15, 0.2) is 53.1 Å². The topological polar surface area (TPSA) is 81.3 Å². The molecule has 0 fully saturated rings. The van der Waals surface area contributed by atoms with Crippen molar-refractivity contribution >= 4 is 17.4 Å². The highest BCUT2D eigenvalue weighted by Crippen LogP contribution is 2.43. The first kappa shape index (κ1) is 18.9. The lowest BCUT2D eigenvalue weighted by atomic mass is 10.0. The second-order valence-corrected chi connectivity index (χ2v) is 6.55. The minimum atomic E-state index is -4.53. The van der Waals surface area contributed by atoms with Gasteiger partial charge < -0.3 is 19.8 Å². The molecule has 1 amide bonds. The van der Waals surface area contributed by atoms with E-state index in [0.717, 1.165) is 4.68 Å². The molecule has 10 heteroatoms. The van der Waals surface area contributed by atoms with Crippen LogP contribution < -0.4 is 15.4 Å². The van der Waals surface area contributed by atoms with Crippen molar-refractivity contribution in [2.24, 2.45) is 0 Å². The van der Waals surface area contributed by atoms with Gasteiger partial charge in [-0.05, 0) is 36.4 Å². The van der Waals surface area contributed by atoms with Gasteiger partial charge in [0.2, 0.25) is 0 Å². The molecular formula is C19H17F3N4O3. The smallest absolute Gasteiger partial charge is 0.410 e. The number of amides is 1. The van der Waals surface area contributed by atoms with E-state index in [0.29, 0.717) is 17.2 Å². The van der Waals surface area contributed by atoms with Gasteiger partial charge in [0.25, 0.3) is 5.91 Å². The Balaban J connectivity index is 1.60. The molecule has 0 unspecified atom stereocenters. The van der Waals surface area contributed by atoms with Crippen LogP contribution in [0.5, 0.6) is 5.75 Å². The summed E-state index contributed by atoms with van der Waals surface area (Å²) in [7, 11) is 1.52. The van der Waals surface area contributed by atoms with Crippen LogP contribution >= 0.6 is 0 Å². The Hall–Kier alpha value is -3.43. The van der Waals surface area contributed by atoms with Gasteiger partial charge in [-0.15, -0.1) is 0 Å². The Labute approximate surface area is 163 Å². The van der Waals surface area contributed by atoms with Crippen molar-refractivity contribution in [2.75, 3.05) is 17.7 Å². The lowest BCUT2D eigenvalue weighted by Gasteiger charge is -2.32. The Morgan fingerprint density at radius 1 is 1.31 bits per heavy atom. The van der Waals surface area contributed by atoms with Gasteiger partial charge in [-0.3, -0.25) is 4.79 Å². The zero-order valence-electron chi connectivity index (χ0n) is 15.2. The number of hydrogen-bond acceptors (Lipinski definition) is 5. The summed E-state index contributed by atoms with van der Waals surface area (Å²) < 4.78 is 52.0. The van der Waals surface area contributed by atoms with Crippen molar-refractivity contribution in [3.05, 3.63) is 60.2 Å². The van der Waals surface area contributed by atoms with Gasteiger partial charge in [0.1, 0.15) is 17.3 Å². The van der Waals surface area contributed by atoms with Crippen molar-refractivity contribution < 1.29 is 27.1 Å². The summed E-state index contributed by atoms with van der Waals surface area (Å²) in [5, 5.41) is 9.49. The van der Waals surface area contributed by atoms with E-state index in [9.17, 15) is 18.0 Å². The molecule has 0 saturated heterocycles. The van der Waals surface area contributed by atoms with Crippen molar-refractivity contribution in [3.63, 3.8) is 0 Å². The Kier molecular flexibility index (Phi) is 4.69. The molecule has 0 bridgehead atoms. The van der Waals surface area contributed by atoms with E-state index in [-0.39, 0.29) is 17.9 Å². The van der Waals surface area contributed by atoms with Gasteiger partial charge in [0, 0.05) is 18.2 Å². The monoisotopic (exact) mass is 406 g/mol. The Morgan fingerprint density at radius 3 is 2.69 bits per heavy atom. The van der Waals surface area contributed by atoms with Crippen LogP contribution in [0.25, 0.3) is 0 Å². The number of halogens is 3. The summed E-state index contributed by atoms with van der Waals surface area (Å²) in [4.78, 5) is 12.5. The number of anilines is 2. The van der Waals surface area contributed by atoms with Gasteiger partial charge >= 0.3 is 6.18 Å². The number of nitrogens with zero attached hydrogens (tertiary/aromatic N) is 2. The largest absolute Gasteiger partial charge is 0.497 e. The average molecular weight is 406 g/mol. The highest BCUT2D eigenvalue weighted by Gasteiger charge is 2.47. The lowest BCUT2D eigenvalue weighted by molar-refractivity contribution is -0.174. The van der Waals surface area contributed by atoms with E-state index in [2.05, 4.69) is 15.7 Å². The maximum atomic E-state index is 13.6. The summed E-state index contributed by atoms with van der Waals surface area (Å²) in [6.45, 7) is 0. The fourth-order valence-electron chi connectivity index (χ4n) is 3.23. The van der Waals surface area contributed by atoms with E-state index >= 15 is 0 Å². The second-order valence-electron chi connectivity index (χ2n) is 6.55. The SMILES string of the molecule is COc1ccc(NC(=O)c2cc3n(n2)[C@@H](C(F)(F)F)C[C@@H](c2ccco2)N3)cc1. The fraction of sp³-hybridized carbons (Fsp3) is 0.263. The molecule has 2 N–H and O–H groups in total. The van der Waals surface area contributed by atoms with E-state index in [1.807, 2.05) is 0 Å². The standard InChI is InChI=1S/C19H17F3N4O3/c1-28-12-6-4-11(5-7-12)23-18(27)14-10-17-24-13(15-3-2-8-29-15)9-16(19(20,21)22)26(17)25-14/h2-8,10,13,16,24H,9H2,1H3,(H,23,27)/t13-,16+/m0/s1. The number of carbonyl (C=O) groups is 1. The molecule has 2 atom stereocenters. The molecule has 152 valence electrons. The number of hydrogen-bond donors (Lipinski definition) is 2. The van der Waals surface area contributed by atoms with E-state index in [1.54, 1.807) is 36.4 Å². The third-order valence-electron chi connectivity index (χ3n) is 4.66. The molecule has 3 aromatic rings. The normalized spacial score (nSPS) is 18.6. The Bertz CT molecular complexity index is 997. The van der Waals surface area contributed by atoms with Gasteiger partial charge in [-0.25, -0.2) is 4.68 Å². The number of furan rings is 1. The number of methoxy groups -OCH3 is 1. The molecule has 7 nitrogen and oxygen atoms in total. The fourth-order valence-corrected chi connectivity index (χ4v) is 3.23. The summed E-state index contributed by atoms with van der Waals surface area (Å²) in [5.41, 5.74) is 0.341. The molecule has 0 aliphatic carbocycles. The average Bonchev–Trinajstić information content (AvgIpc) is 3.36. The van der Waals surface area contributed by atoms with Gasteiger partial charge in [0.15, 0.2) is 11.7 Å². The van der Waals surface area contributed by atoms with Crippen molar-refractivity contribution in [2.45, 2.75) is 24.7 Å². The number of ether oxygens (including phenoxy) is 1. The van der Waals surface area contributed by atoms with E-state index < -0.39 is 24.2 Å². The molecule has 1 aromatic carbocycles. The molecule has 29 heavy (non-hydrogen) atoms. The van der Waals surface area contributed by atoms with Crippen molar-refractivity contribution in [3.8, 4) is 5.75 Å². The number of fused-ring (bicyclic) bond motifs is 1. The highest BCUT2D eigenvalue weighted by atomic mass is 19.4. The third-order valence-corrected chi connectivity index (χ3v) is 4.66. The minimum absolute atomic E-state index is 0.0971. The van der Waals surface area contributed by atoms with Gasteiger partial charge in [0.05, 0.1) is 19.4 Å². The molecule has 4 rings (SSSR count). The highest BCUT2D eigenvalue weighted by molar-refractivity contribution is 6.03.